The van der Waals surface area contributed by atoms with Crippen LogP contribution in [0.2, 0.25) is 0 Å². The molecule has 0 unspecified atom stereocenters. The van der Waals surface area contributed by atoms with Crippen molar-refractivity contribution < 1.29 is 23.1 Å². The molecule has 3 rings (SSSR count). The van der Waals surface area contributed by atoms with Gasteiger partial charge in [0.05, 0.1) is 17.4 Å². The van der Waals surface area contributed by atoms with Gasteiger partial charge in [-0.25, -0.2) is 8.42 Å². The summed E-state index contributed by atoms with van der Waals surface area (Å²) in [5.41, 5.74) is -0.854. The van der Waals surface area contributed by atoms with Gasteiger partial charge < -0.3 is 14.7 Å². The average Bonchev–Trinajstić information content (AvgIpc) is 2.61. The smallest absolute Gasteiger partial charge is 0.311 e. The number of likely N-dealkylation sites (N-methyl/N-ethyl adjacent to an activating group) is 1. The van der Waals surface area contributed by atoms with Crippen LogP contribution >= 0.6 is 0 Å². The van der Waals surface area contributed by atoms with Gasteiger partial charge in [-0.15, -0.1) is 0 Å². The number of carbonyl (C=O) groups is 1. The molecule has 2 saturated heterocycles. The number of fused-ring (bicyclic) bond motifs is 1. The Bertz CT molecular complexity index is 766. The monoisotopic (exact) mass is 368 g/mol. The molecule has 1 N–H and O–H groups in total. The van der Waals surface area contributed by atoms with Crippen molar-refractivity contribution in [1.29, 1.82) is 0 Å². The van der Waals surface area contributed by atoms with Gasteiger partial charge in [-0.2, -0.15) is 4.31 Å². The lowest BCUT2D eigenvalue weighted by atomic mass is 9.69. The van der Waals surface area contributed by atoms with Crippen molar-refractivity contribution >= 4 is 16.0 Å². The topological polar surface area (TPSA) is 87.2 Å². The lowest BCUT2D eigenvalue weighted by molar-refractivity contribution is -0.160. The number of carboxylic acid groups (broad SMARTS) is 1. The summed E-state index contributed by atoms with van der Waals surface area (Å²) in [6.07, 6.45) is 1.76. The van der Waals surface area contributed by atoms with Gasteiger partial charge in [0.1, 0.15) is 5.75 Å². The molecule has 0 radical (unpaired) electrons. The largest absolute Gasteiger partial charge is 0.497 e. The lowest BCUT2D eigenvalue weighted by Gasteiger charge is -2.51. The molecule has 2 fully saturated rings. The molecular weight excluding hydrogens is 344 g/mol. The quantitative estimate of drug-likeness (QED) is 0.861. The Balaban J connectivity index is 1.91. The minimum absolute atomic E-state index is 0.174. The van der Waals surface area contributed by atoms with Gasteiger partial charge >= 0.3 is 5.97 Å². The molecule has 2 heterocycles. The Morgan fingerprint density at radius 2 is 2.08 bits per heavy atom. The molecule has 0 bridgehead atoms. The summed E-state index contributed by atoms with van der Waals surface area (Å²) >= 11 is 0. The van der Waals surface area contributed by atoms with Crippen LogP contribution in [0.4, 0.5) is 0 Å². The first-order chi connectivity index (χ1) is 11.8. The molecule has 7 nitrogen and oxygen atoms in total. The SMILES string of the molecule is COc1cccc(S(=O)(=O)N2CC[C@@]3(C(=O)O)CCCN(C)[C@@H]3C2)c1. The van der Waals surface area contributed by atoms with Gasteiger partial charge in [-0.1, -0.05) is 6.07 Å². The number of hydrogen-bond acceptors (Lipinski definition) is 5. The molecule has 2 aliphatic heterocycles. The fourth-order valence-corrected chi connectivity index (χ4v) is 5.57. The maximum absolute atomic E-state index is 13.0. The van der Waals surface area contributed by atoms with E-state index in [2.05, 4.69) is 0 Å². The first kappa shape index (κ1) is 18.2. The number of likely N-dealkylation sites (tertiary alicyclic amines) is 1. The Labute approximate surface area is 148 Å². The number of rotatable bonds is 4. The molecule has 1 aromatic rings. The summed E-state index contributed by atoms with van der Waals surface area (Å²) in [5.74, 6) is -0.338. The van der Waals surface area contributed by atoms with Gasteiger partial charge in [-0.05, 0) is 45.0 Å². The molecule has 0 saturated carbocycles. The summed E-state index contributed by atoms with van der Waals surface area (Å²) in [6.45, 7) is 1.20. The number of ether oxygens (including phenoxy) is 1. The fourth-order valence-electron chi connectivity index (χ4n) is 4.09. The summed E-state index contributed by atoms with van der Waals surface area (Å²) in [4.78, 5) is 14.1. The van der Waals surface area contributed by atoms with Crippen LogP contribution in [0.15, 0.2) is 29.2 Å². The number of methoxy groups -OCH3 is 1. The van der Waals surface area contributed by atoms with E-state index < -0.39 is 21.4 Å². The number of carboxylic acids is 1. The average molecular weight is 368 g/mol. The Morgan fingerprint density at radius 3 is 2.76 bits per heavy atom. The highest BCUT2D eigenvalue weighted by Gasteiger charge is 2.53. The van der Waals surface area contributed by atoms with Crippen LogP contribution in [0.25, 0.3) is 0 Å². The van der Waals surface area contributed by atoms with Crippen LogP contribution in [-0.4, -0.2) is 68.5 Å². The highest BCUT2D eigenvalue weighted by molar-refractivity contribution is 7.89. The third kappa shape index (κ3) is 3.02. The highest BCUT2D eigenvalue weighted by atomic mass is 32.2. The third-order valence-electron chi connectivity index (χ3n) is 5.59. The second-order valence-electron chi connectivity index (χ2n) is 6.85. The van der Waals surface area contributed by atoms with Gasteiger partial charge in [0.25, 0.3) is 0 Å². The van der Waals surface area contributed by atoms with Crippen LogP contribution in [0.1, 0.15) is 19.3 Å². The van der Waals surface area contributed by atoms with Crippen LogP contribution in [0.5, 0.6) is 5.75 Å². The second kappa shape index (κ2) is 6.59. The van der Waals surface area contributed by atoms with E-state index in [1.165, 1.54) is 17.5 Å². The van der Waals surface area contributed by atoms with Crippen molar-refractivity contribution in [3.05, 3.63) is 24.3 Å². The van der Waals surface area contributed by atoms with Gasteiger partial charge in [0, 0.05) is 25.2 Å². The minimum atomic E-state index is -3.69. The molecule has 1 aromatic carbocycles. The number of hydrogen-bond donors (Lipinski definition) is 1. The highest BCUT2D eigenvalue weighted by Crippen LogP contribution is 2.43. The number of benzene rings is 1. The normalized spacial score (nSPS) is 28.3. The van der Waals surface area contributed by atoms with Crippen molar-refractivity contribution in [2.24, 2.45) is 5.41 Å². The molecule has 138 valence electrons. The summed E-state index contributed by atoms with van der Waals surface area (Å²) < 4.78 is 32.6. The fraction of sp³-hybridized carbons (Fsp3) is 0.588. The first-order valence-corrected chi connectivity index (χ1v) is 9.83. The van der Waals surface area contributed by atoms with Crippen molar-refractivity contribution in [2.45, 2.75) is 30.2 Å². The van der Waals surface area contributed by atoms with E-state index in [0.29, 0.717) is 18.6 Å². The summed E-state index contributed by atoms with van der Waals surface area (Å²) in [7, 11) is -0.318. The van der Waals surface area contributed by atoms with Crippen LogP contribution in [0.3, 0.4) is 0 Å². The van der Waals surface area contributed by atoms with Crippen molar-refractivity contribution in [3.8, 4) is 5.75 Å². The van der Waals surface area contributed by atoms with E-state index in [-0.39, 0.29) is 24.0 Å². The number of aliphatic carboxylic acids is 1. The van der Waals surface area contributed by atoms with Gasteiger partial charge in [-0.3, -0.25) is 4.79 Å². The molecule has 0 aliphatic carbocycles. The maximum Gasteiger partial charge on any atom is 0.311 e. The Morgan fingerprint density at radius 1 is 1.32 bits per heavy atom. The van der Waals surface area contributed by atoms with Gasteiger partial charge in [0.15, 0.2) is 0 Å². The Hall–Kier alpha value is -1.64. The van der Waals surface area contributed by atoms with Crippen molar-refractivity contribution in [3.63, 3.8) is 0 Å². The molecule has 2 aliphatic rings. The molecule has 0 amide bonds. The van der Waals surface area contributed by atoms with E-state index in [9.17, 15) is 18.3 Å². The zero-order valence-electron chi connectivity index (χ0n) is 14.5. The third-order valence-corrected chi connectivity index (χ3v) is 7.45. The van der Waals surface area contributed by atoms with E-state index >= 15 is 0 Å². The van der Waals surface area contributed by atoms with E-state index in [1.54, 1.807) is 18.2 Å². The van der Waals surface area contributed by atoms with Crippen LogP contribution in [0, 0.1) is 5.41 Å². The van der Waals surface area contributed by atoms with Crippen molar-refractivity contribution in [1.82, 2.24) is 9.21 Å². The van der Waals surface area contributed by atoms with Gasteiger partial charge in [0.2, 0.25) is 10.0 Å². The van der Waals surface area contributed by atoms with Crippen LogP contribution in [-0.2, 0) is 14.8 Å². The minimum Gasteiger partial charge on any atom is -0.497 e. The maximum atomic E-state index is 13.0. The predicted octanol–water partition coefficient (Wildman–Crippen LogP) is 1.25. The zero-order chi connectivity index (χ0) is 18.2. The molecule has 8 heteroatoms. The zero-order valence-corrected chi connectivity index (χ0v) is 15.3. The molecular formula is C17H24N2O5S. The number of piperidine rings is 2. The second-order valence-corrected chi connectivity index (χ2v) is 8.79. The predicted molar refractivity (Wildman–Crippen MR) is 92.1 cm³/mol. The summed E-state index contributed by atoms with van der Waals surface area (Å²) in [6, 6.07) is 6.07. The molecule has 25 heavy (non-hydrogen) atoms. The van der Waals surface area contributed by atoms with E-state index in [1.807, 2.05) is 11.9 Å². The van der Waals surface area contributed by atoms with E-state index in [4.69, 9.17) is 4.74 Å². The molecule has 0 aromatic heterocycles. The lowest BCUT2D eigenvalue weighted by Crippen LogP contribution is -2.63. The Kier molecular flexibility index (Phi) is 4.78. The standard InChI is InChI=1S/C17H24N2O5S/c1-18-9-4-7-17(16(20)21)8-10-19(12-15(17)18)25(22,23)14-6-3-5-13(11-14)24-2/h3,5-6,11,15H,4,7-10,12H2,1-2H3,(H,20,21)/t15-,17+/m1/s1. The van der Waals surface area contributed by atoms with E-state index in [0.717, 1.165) is 13.0 Å². The van der Waals surface area contributed by atoms with Crippen LogP contribution < -0.4 is 4.74 Å². The van der Waals surface area contributed by atoms with Crippen molar-refractivity contribution in [2.75, 3.05) is 33.8 Å². The number of nitrogens with zero attached hydrogens (tertiary/aromatic N) is 2. The molecule has 2 atom stereocenters. The summed E-state index contributed by atoms with van der Waals surface area (Å²) in [5, 5.41) is 9.81. The molecule has 0 spiro atoms. The first-order valence-electron chi connectivity index (χ1n) is 8.39. The number of sulfonamides is 1.